The van der Waals surface area contributed by atoms with E-state index >= 15 is 4.39 Å². The summed E-state index contributed by atoms with van der Waals surface area (Å²) in [7, 11) is 0. The Morgan fingerprint density at radius 1 is 1.00 bits per heavy atom. The second kappa shape index (κ2) is 10.6. The Kier molecular flexibility index (Phi) is 7.14. The van der Waals surface area contributed by atoms with Gasteiger partial charge in [-0.3, -0.25) is 4.90 Å². The van der Waals surface area contributed by atoms with E-state index in [1.54, 1.807) is 0 Å². The standard InChI is InChI=1S/C28H34FN3O2/c1-2-15-32-24(27(29)30-28(32)23-11-7-4-8-12-23)19-31(17-21-9-5-3-6-10-21)18-22-13-14-25-26(16-22)34-20-33-25/h4,7-8,11-14,16,21H,2-3,5-6,9-10,15,17-20H2,1H3. The van der Waals surface area contributed by atoms with Gasteiger partial charge in [0.1, 0.15) is 5.82 Å². The van der Waals surface area contributed by atoms with E-state index in [9.17, 15) is 0 Å². The SMILES string of the molecule is CCCn1c(-c2ccccc2)nc(F)c1CN(Cc1ccc2c(c1)OCO2)CC1CCCCC1. The zero-order chi connectivity index (χ0) is 23.3. The van der Waals surface area contributed by atoms with Gasteiger partial charge >= 0.3 is 0 Å². The number of hydrogen-bond donors (Lipinski definition) is 0. The van der Waals surface area contributed by atoms with Crippen LogP contribution in [-0.2, 0) is 19.6 Å². The van der Waals surface area contributed by atoms with E-state index < -0.39 is 0 Å². The van der Waals surface area contributed by atoms with Gasteiger partial charge in [0, 0.05) is 31.7 Å². The van der Waals surface area contributed by atoms with E-state index in [1.807, 2.05) is 36.4 Å². The summed E-state index contributed by atoms with van der Waals surface area (Å²) in [5.41, 5.74) is 2.79. The van der Waals surface area contributed by atoms with Crippen LogP contribution >= 0.6 is 0 Å². The molecule has 0 radical (unpaired) electrons. The topological polar surface area (TPSA) is 39.5 Å². The van der Waals surface area contributed by atoms with Crippen LogP contribution in [0.5, 0.6) is 11.5 Å². The van der Waals surface area contributed by atoms with E-state index in [0.717, 1.165) is 54.5 Å². The lowest BCUT2D eigenvalue weighted by molar-refractivity contribution is 0.173. The van der Waals surface area contributed by atoms with E-state index in [0.29, 0.717) is 18.2 Å². The average Bonchev–Trinajstić information content (AvgIpc) is 3.45. The van der Waals surface area contributed by atoms with Crippen molar-refractivity contribution in [2.24, 2.45) is 5.92 Å². The second-order valence-corrected chi connectivity index (χ2v) is 9.55. The summed E-state index contributed by atoms with van der Waals surface area (Å²) in [6, 6.07) is 16.1. The lowest BCUT2D eigenvalue weighted by atomic mass is 9.89. The lowest BCUT2D eigenvalue weighted by Gasteiger charge is -2.30. The monoisotopic (exact) mass is 463 g/mol. The van der Waals surface area contributed by atoms with Gasteiger partial charge in [-0.15, -0.1) is 0 Å². The molecule has 1 aliphatic heterocycles. The van der Waals surface area contributed by atoms with Gasteiger partial charge in [-0.05, 0) is 42.9 Å². The van der Waals surface area contributed by atoms with Crippen LogP contribution in [0.1, 0.15) is 56.7 Å². The number of aromatic nitrogens is 2. The Morgan fingerprint density at radius 3 is 2.59 bits per heavy atom. The molecule has 0 bridgehead atoms. The number of nitrogens with zero attached hydrogens (tertiary/aromatic N) is 3. The fourth-order valence-corrected chi connectivity index (χ4v) is 5.31. The number of imidazole rings is 1. The molecule has 2 heterocycles. The van der Waals surface area contributed by atoms with Crippen LogP contribution in [0.25, 0.3) is 11.4 Å². The lowest BCUT2D eigenvalue weighted by Crippen LogP contribution is -2.31. The minimum Gasteiger partial charge on any atom is -0.454 e. The molecule has 0 unspecified atom stereocenters. The Labute approximate surface area is 201 Å². The summed E-state index contributed by atoms with van der Waals surface area (Å²) in [5, 5.41) is 0. The summed E-state index contributed by atoms with van der Waals surface area (Å²) >= 11 is 0. The van der Waals surface area contributed by atoms with Gasteiger partial charge in [-0.1, -0.05) is 62.6 Å². The highest BCUT2D eigenvalue weighted by atomic mass is 19.1. The molecular formula is C28H34FN3O2. The molecule has 0 amide bonds. The maximum atomic E-state index is 15.3. The number of hydrogen-bond acceptors (Lipinski definition) is 4. The summed E-state index contributed by atoms with van der Waals surface area (Å²) in [6.07, 6.45) is 7.35. The highest BCUT2D eigenvalue weighted by Crippen LogP contribution is 2.34. The molecule has 1 saturated carbocycles. The maximum absolute atomic E-state index is 15.3. The number of halogens is 1. The predicted molar refractivity (Wildman–Crippen MR) is 131 cm³/mol. The second-order valence-electron chi connectivity index (χ2n) is 9.55. The minimum atomic E-state index is -0.355. The molecule has 5 nitrogen and oxygen atoms in total. The molecule has 1 aliphatic carbocycles. The molecule has 1 fully saturated rings. The van der Waals surface area contributed by atoms with Gasteiger partial charge in [0.25, 0.3) is 0 Å². The largest absolute Gasteiger partial charge is 0.454 e. The first-order chi connectivity index (χ1) is 16.7. The summed E-state index contributed by atoms with van der Waals surface area (Å²) in [5.74, 6) is 2.61. The molecular weight excluding hydrogens is 429 g/mol. The number of benzene rings is 2. The molecule has 0 saturated heterocycles. The molecule has 0 N–H and O–H groups in total. The zero-order valence-corrected chi connectivity index (χ0v) is 20.0. The molecule has 0 atom stereocenters. The van der Waals surface area contributed by atoms with Crippen LogP contribution in [-0.4, -0.2) is 27.8 Å². The van der Waals surface area contributed by atoms with Gasteiger partial charge < -0.3 is 14.0 Å². The molecule has 2 aromatic carbocycles. The van der Waals surface area contributed by atoms with E-state index in [1.165, 1.54) is 32.1 Å². The predicted octanol–water partition coefficient (Wildman–Crippen LogP) is 6.41. The van der Waals surface area contributed by atoms with Gasteiger partial charge in [-0.25, -0.2) is 0 Å². The van der Waals surface area contributed by atoms with Crippen molar-refractivity contribution in [2.45, 2.75) is 65.1 Å². The number of rotatable bonds is 9. The molecule has 6 heteroatoms. The first kappa shape index (κ1) is 22.9. The Morgan fingerprint density at radius 2 is 1.79 bits per heavy atom. The molecule has 34 heavy (non-hydrogen) atoms. The minimum absolute atomic E-state index is 0.272. The van der Waals surface area contributed by atoms with Crippen molar-refractivity contribution in [3.8, 4) is 22.9 Å². The van der Waals surface area contributed by atoms with Crippen molar-refractivity contribution in [1.29, 1.82) is 0 Å². The van der Waals surface area contributed by atoms with Crippen molar-refractivity contribution in [1.82, 2.24) is 14.5 Å². The first-order valence-electron chi connectivity index (χ1n) is 12.6. The third kappa shape index (κ3) is 5.12. The van der Waals surface area contributed by atoms with Gasteiger partial charge in [0.05, 0.1) is 5.69 Å². The molecule has 180 valence electrons. The zero-order valence-electron chi connectivity index (χ0n) is 20.0. The quantitative estimate of drug-likeness (QED) is 0.368. The van der Waals surface area contributed by atoms with Crippen LogP contribution < -0.4 is 9.47 Å². The van der Waals surface area contributed by atoms with E-state index in [4.69, 9.17) is 9.47 Å². The maximum Gasteiger partial charge on any atom is 0.235 e. The molecule has 2 aliphatic rings. The highest BCUT2D eigenvalue weighted by Gasteiger charge is 2.24. The third-order valence-electron chi connectivity index (χ3n) is 6.96. The van der Waals surface area contributed by atoms with E-state index in [2.05, 4.69) is 33.5 Å². The summed E-state index contributed by atoms with van der Waals surface area (Å²) in [4.78, 5) is 6.78. The summed E-state index contributed by atoms with van der Waals surface area (Å²) < 4.78 is 28.5. The Balaban J connectivity index is 1.43. The number of fused-ring (bicyclic) bond motifs is 1. The third-order valence-corrected chi connectivity index (χ3v) is 6.96. The molecule has 0 spiro atoms. The molecule has 3 aromatic rings. The van der Waals surface area contributed by atoms with Crippen molar-refractivity contribution in [3.05, 3.63) is 65.7 Å². The van der Waals surface area contributed by atoms with Crippen LogP contribution in [0.2, 0.25) is 0 Å². The van der Waals surface area contributed by atoms with Gasteiger partial charge in [0.2, 0.25) is 12.7 Å². The Bertz CT molecular complexity index is 1090. The van der Waals surface area contributed by atoms with Crippen molar-refractivity contribution >= 4 is 0 Å². The Hall–Kier alpha value is -2.86. The van der Waals surface area contributed by atoms with Crippen molar-refractivity contribution in [2.75, 3.05) is 13.3 Å². The van der Waals surface area contributed by atoms with Crippen molar-refractivity contribution in [3.63, 3.8) is 0 Å². The fraction of sp³-hybridized carbons (Fsp3) is 0.464. The normalized spacial score (nSPS) is 15.9. The van der Waals surface area contributed by atoms with Crippen LogP contribution in [0.3, 0.4) is 0 Å². The van der Waals surface area contributed by atoms with Crippen molar-refractivity contribution < 1.29 is 13.9 Å². The van der Waals surface area contributed by atoms with Gasteiger partial charge in [-0.2, -0.15) is 9.37 Å². The van der Waals surface area contributed by atoms with E-state index in [-0.39, 0.29) is 12.7 Å². The molecule has 5 rings (SSSR count). The smallest absolute Gasteiger partial charge is 0.235 e. The average molecular weight is 464 g/mol. The summed E-state index contributed by atoms with van der Waals surface area (Å²) in [6.45, 7) is 5.39. The first-order valence-corrected chi connectivity index (χ1v) is 12.6. The van der Waals surface area contributed by atoms with Crippen LogP contribution in [0.15, 0.2) is 48.5 Å². The van der Waals surface area contributed by atoms with Crippen LogP contribution in [0, 0.1) is 11.9 Å². The highest BCUT2D eigenvalue weighted by molar-refractivity contribution is 5.56. The molecule has 1 aromatic heterocycles. The number of ether oxygens (including phenoxy) is 2. The van der Waals surface area contributed by atoms with Crippen LogP contribution in [0.4, 0.5) is 4.39 Å². The van der Waals surface area contributed by atoms with Gasteiger partial charge in [0.15, 0.2) is 11.5 Å². The fourth-order valence-electron chi connectivity index (χ4n) is 5.31.